The van der Waals surface area contributed by atoms with Crippen LogP contribution in [0.1, 0.15) is 323 Å². The topological polar surface area (TPSA) is 78.9 Å². The Morgan fingerprint density at radius 1 is 0.294 bits per heavy atom. The quantitative estimate of drug-likeness (QED) is 0.0262. The molecule has 0 rings (SSSR count). The highest BCUT2D eigenvalue weighted by atomic mass is 16.6. The van der Waals surface area contributed by atoms with Crippen LogP contribution in [-0.4, -0.2) is 37.2 Å². The molecule has 0 spiro atoms. The average molecular weight is 956 g/mol. The lowest BCUT2D eigenvalue weighted by molar-refractivity contribution is -0.167. The van der Waals surface area contributed by atoms with Gasteiger partial charge in [-0.25, -0.2) is 0 Å². The van der Waals surface area contributed by atoms with Gasteiger partial charge in [-0.3, -0.25) is 14.4 Å². The molecule has 6 nitrogen and oxygen atoms in total. The lowest BCUT2D eigenvalue weighted by Gasteiger charge is -2.18. The standard InChI is InChI=1S/C62H114O6/c1-4-7-10-13-15-17-19-21-23-25-27-28-29-30-31-32-33-34-35-37-38-40-42-44-46-49-52-55-61(64)67-58-59(57-66-60(63)54-51-48-12-9-6-3)68-62(65)56-53-50-47-45-43-41-39-36-26-24-22-20-18-16-14-11-8-5-2/h19,21,25,27,29-30,59H,4-18,20,22-24,26,28,31-58H2,1-3H3/b21-19-,27-25-,30-29-. The minimum Gasteiger partial charge on any atom is -0.462 e. The number of ether oxygens (including phenoxy) is 3. The van der Waals surface area contributed by atoms with Gasteiger partial charge < -0.3 is 14.2 Å². The van der Waals surface area contributed by atoms with Crippen molar-refractivity contribution >= 4 is 17.9 Å². The van der Waals surface area contributed by atoms with Gasteiger partial charge in [0.15, 0.2) is 6.10 Å². The normalized spacial score (nSPS) is 12.2. The first-order valence-corrected chi connectivity index (χ1v) is 30.0. The van der Waals surface area contributed by atoms with Gasteiger partial charge in [0, 0.05) is 19.3 Å². The highest BCUT2D eigenvalue weighted by Gasteiger charge is 2.19. The van der Waals surface area contributed by atoms with Crippen LogP contribution < -0.4 is 0 Å². The van der Waals surface area contributed by atoms with Crippen molar-refractivity contribution < 1.29 is 28.6 Å². The van der Waals surface area contributed by atoms with Gasteiger partial charge in [0.25, 0.3) is 0 Å². The summed E-state index contributed by atoms with van der Waals surface area (Å²) in [7, 11) is 0. The predicted molar refractivity (Wildman–Crippen MR) is 293 cm³/mol. The average Bonchev–Trinajstić information content (AvgIpc) is 3.34. The second-order valence-corrected chi connectivity index (χ2v) is 20.3. The summed E-state index contributed by atoms with van der Waals surface area (Å²) in [5, 5.41) is 0. The summed E-state index contributed by atoms with van der Waals surface area (Å²) in [4.78, 5) is 37.8. The molecular weight excluding hydrogens is 841 g/mol. The second kappa shape index (κ2) is 57.2. The van der Waals surface area contributed by atoms with Crippen LogP contribution in [0, 0.1) is 0 Å². The minimum atomic E-state index is -0.766. The number of carbonyl (C=O) groups excluding carboxylic acids is 3. The van der Waals surface area contributed by atoms with E-state index < -0.39 is 6.10 Å². The number of esters is 3. The molecule has 0 aromatic heterocycles. The first kappa shape index (κ1) is 65.6. The summed E-state index contributed by atoms with van der Waals surface area (Å²) in [6.45, 7) is 6.59. The molecule has 0 N–H and O–H groups in total. The fraction of sp³-hybridized carbons (Fsp3) is 0.855. The fourth-order valence-electron chi connectivity index (χ4n) is 8.86. The summed E-state index contributed by atoms with van der Waals surface area (Å²) in [5.41, 5.74) is 0. The third-order valence-corrected chi connectivity index (χ3v) is 13.4. The predicted octanol–water partition coefficient (Wildman–Crippen LogP) is 20.0. The zero-order valence-corrected chi connectivity index (χ0v) is 45.6. The largest absolute Gasteiger partial charge is 0.462 e. The van der Waals surface area contributed by atoms with E-state index in [1.807, 2.05) is 0 Å². The Labute approximate surface area is 423 Å². The van der Waals surface area contributed by atoms with E-state index in [1.54, 1.807) is 0 Å². The van der Waals surface area contributed by atoms with E-state index in [0.717, 1.165) is 77.0 Å². The molecule has 1 unspecified atom stereocenters. The highest BCUT2D eigenvalue weighted by molar-refractivity contribution is 5.71. The minimum absolute atomic E-state index is 0.0693. The van der Waals surface area contributed by atoms with E-state index in [-0.39, 0.29) is 31.1 Å². The van der Waals surface area contributed by atoms with Crippen molar-refractivity contribution in [3.63, 3.8) is 0 Å². The Morgan fingerprint density at radius 2 is 0.529 bits per heavy atom. The van der Waals surface area contributed by atoms with Crippen LogP contribution in [0.2, 0.25) is 0 Å². The van der Waals surface area contributed by atoms with Gasteiger partial charge in [0.1, 0.15) is 13.2 Å². The maximum absolute atomic E-state index is 12.8. The molecule has 0 fully saturated rings. The highest BCUT2D eigenvalue weighted by Crippen LogP contribution is 2.17. The van der Waals surface area contributed by atoms with Crippen molar-refractivity contribution in [1.29, 1.82) is 0 Å². The van der Waals surface area contributed by atoms with Crippen LogP contribution in [-0.2, 0) is 28.6 Å². The zero-order chi connectivity index (χ0) is 49.3. The Hall–Kier alpha value is -2.37. The molecule has 6 heteroatoms. The molecule has 0 aliphatic rings. The molecule has 0 aromatic carbocycles. The molecule has 0 aliphatic carbocycles. The molecule has 1 atom stereocenters. The number of hydrogen-bond donors (Lipinski definition) is 0. The Kier molecular flexibility index (Phi) is 55.2. The molecule has 0 bridgehead atoms. The summed E-state index contributed by atoms with van der Waals surface area (Å²) in [5.74, 6) is -0.867. The Bertz CT molecular complexity index is 1140. The van der Waals surface area contributed by atoms with E-state index in [2.05, 4.69) is 57.2 Å². The second-order valence-electron chi connectivity index (χ2n) is 20.3. The van der Waals surface area contributed by atoms with Gasteiger partial charge in [-0.15, -0.1) is 0 Å². The van der Waals surface area contributed by atoms with E-state index >= 15 is 0 Å². The lowest BCUT2D eigenvalue weighted by atomic mass is 10.0. The summed E-state index contributed by atoms with van der Waals surface area (Å²) >= 11 is 0. The van der Waals surface area contributed by atoms with Crippen molar-refractivity contribution in [1.82, 2.24) is 0 Å². The van der Waals surface area contributed by atoms with Crippen LogP contribution in [0.15, 0.2) is 36.5 Å². The molecule has 0 aliphatic heterocycles. The monoisotopic (exact) mass is 955 g/mol. The first-order valence-electron chi connectivity index (χ1n) is 30.0. The zero-order valence-electron chi connectivity index (χ0n) is 45.6. The van der Waals surface area contributed by atoms with Gasteiger partial charge in [0.2, 0.25) is 0 Å². The number of carbonyl (C=O) groups is 3. The van der Waals surface area contributed by atoms with Crippen LogP contribution >= 0.6 is 0 Å². The summed E-state index contributed by atoms with van der Waals surface area (Å²) < 4.78 is 16.7. The van der Waals surface area contributed by atoms with Gasteiger partial charge in [-0.2, -0.15) is 0 Å². The molecule has 0 radical (unpaired) electrons. The molecule has 0 amide bonds. The van der Waals surface area contributed by atoms with Crippen molar-refractivity contribution in [2.75, 3.05) is 13.2 Å². The van der Waals surface area contributed by atoms with E-state index in [1.165, 1.54) is 205 Å². The smallest absolute Gasteiger partial charge is 0.306 e. The SMILES string of the molecule is CCCCCCC/C=C\C/C=C\C/C=C\CCCCCCCCCCCCCCC(=O)OCC(COC(=O)CCCCCCC)OC(=O)CCCCCCCCCCCCCCCCCCCC. The molecule has 0 saturated carbocycles. The van der Waals surface area contributed by atoms with Crippen molar-refractivity contribution in [3.8, 4) is 0 Å². The van der Waals surface area contributed by atoms with E-state index in [4.69, 9.17) is 14.2 Å². The number of rotatable bonds is 55. The van der Waals surface area contributed by atoms with Crippen LogP contribution in [0.25, 0.3) is 0 Å². The summed E-state index contributed by atoms with van der Waals surface area (Å²) in [6.07, 6.45) is 69.0. The van der Waals surface area contributed by atoms with Crippen molar-refractivity contribution in [2.24, 2.45) is 0 Å². The van der Waals surface area contributed by atoms with Crippen LogP contribution in [0.3, 0.4) is 0 Å². The molecular formula is C62H114O6. The first-order chi connectivity index (χ1) is 33.5. The third-order valence-electron chi connectivity index (χ3n) is 13.4. The van der Waals surface area contributed by atoms with Crippen molar-refractivity contribution in [2.45, 2.75) is 329 Å². The maximum Gasteiger partial charge on any atom is 0.306 e. The van der Waals surface area contributed by atoms with Crippen LogP contribution in [0.5, 0.6) is 0 Å². The summed E-state index contributed by atoms with van der Waals surface area (Å²) in [6, 6.07) is 0. The molecule has 0 heterocycles. The van der Waals surface area contributed by atoms with Gasteiger partial charge >= 0.3 is 17.9 Å². The Morgan fingerprint density at radius 3 is 0.824 bits per heavy atom. The molecule has 398 valence electrons. The molecule has 0 saturated heterocycles. The van der Waals surface area contributed by atoms with E-state index in [9.17, 15) is 14.4 Å². The van der Waals surface area contributed by atoms with Crippen molar-refractivity contribution in [3.05, 3.63) is 36.5 Å². The van der Waals surface area contributed by atoms with Gasteiger partial charge in [-0.05, 0) is 57.8 Å². The van der Waals surface area contributed by atoms with Gasteiger partial charge in [-0.1, -0.05) is 282 Å². The number of hydrogen-bond acceptors (Lipinski definition) is 6. The van der Waals surface area contributed by atoms with Crippen LogP contribution in [0.4, 0.5) is 0 Å². The Balaban J connectivity index is 4.02. The fourth-order valence-corrected chi connectivity index (χ4v) is 8.86. The van der Waals surface area contributed by atoms with Gasteiger partial charge in [0.05, 0.1) is 0 Å². The molecule has 68 heavy (non-hydrogen) atoms. The number of unbranched alkanes of at least 4 members (excludes halogenated alkanes) is 38. The maximum atomic E-state index is 12.8. The van der Waals surface area contributed by atoms with E-state index in [0.29, 0.717) is 19.3 Å². The lowest BCUT2D eigenvalue weighted by Crippen LogP contribution is -2.30. The number of allylic oxidation sites excluding steroid dienone is 6. The third kappa shape index (κ3) is 54.6. The molecule has 0 aromatic rings.